The van der Waals surface area contributed by atoms with Crippen LogP contribution in [0.4, 0.5) is 0 Å². The number of carboxylic acid groups (broad SMARTS) is 1. The number of aliphatic carboxylic acids is 1. The second-order valence-corrected chi connectivity index (χ2v) is 17.1. The van der Waals surface area contributed by atoms with Gasteiger partial charge >= 0.3 is 5.97 Å². The van der Waals surface area contributed by atoms with Gasteiger partial charge in [-0.3, -0.25) is 4.79 Å². The number of carbonyl (C=O) groups is 2. The number of aliphatic hydroxyl groups excluding tert-OH is 3. The number of phenolic OH excluding ortho intramolecular Hbond substituents is 1. The van der Waals surface area contributed by atoms with Crippen LogP contribution in [0.25, 0.3) is 11.8 Å². The number of hydrogen-bond acceptors (Lipinski definition) is 6. The third-order valence-corrected chi connectivity index (χ3v) is 14.0. The Labute approximate surface area is 330 Å². The van der Waals surface area contributed by atoms with E-state index in [1.165, 1.54) is 0 Å². The maximum Gasteiger partial charge on any atom is 0.308 e. The van der Waals surface area contributed by atoms with Crippen molar-refractivity contribution in [3.8, 4) is 5.75 Å². The van der Waals surface area contributed by atoms with Crippen molar-refractivity contribution in [1.29, 1.82) is 0 Å². The molecule has 4 aliphatic rings. The number of phenols is 1. The van der Waals surface area contributed by atoms with E-state index in [0.717, 1.165) is 96.8 Å². The summed E-state index contributed by atoms with van der Waals surface area (Å²) in [4.78, 5) is 25.6. The monoisotopic (exact) mass is 758 g/mol. The SMILES string of the molecule is O=CC(CCCCCC1CC=CC(CO)C(C(=O)O)C2(CCC3C=c4ccccc4=C(O)C3C2)c2cccc(c2)CC1c1ccc(O)cc1)C1C=C(CO)CC1. The van der Waals surface area contributed by atoms with Gasteiger partial charge in [-0.2, -0.15) is 0 Å². The fraction of sp³-hybridized carbons (Fsp3) is 0.469. The predicted octanol–water partition coefficient (Wildman–Crippen LogP) is 7.51. The Morgan fingerprint density at radius 2 is 1.73 bits per heavy atom. The Hall–Kier alpha value is -4.46. The van der Waals surface area contributed by atoms with Gasteiger partial charge < -0.3 is 30.3 Å². The second kappa shape index (κ2) is 17.8. The van der Waals surface area contributed by atoms with Gasteiger partial charge in [0.05, 0.1) is 19.1 Å². The molecule has 2 bridgehead atoms. The molecule has 1 fully saturated rings. The Morgan fingerprint density at radius 3 is 2.48 bits per heavy atom. The smallest absolute Gasteiger partial charge is 0.308 e. The minimum absolute atomic E-state index is 0.0230. The summed E-state index contributed by atoms with van der Waals surface area (Å²) in [6, 6.07) is 23.9. The fourth-order valence-electron chi connectivity index (χ4n) is 11.0. The summed E-state index contributed by atoms with van der Waals surface area (Å²) in [6.45, 7) is -0.229. The van der Waals surface area contributed by atoms with Gasteiger partial charge in [-0.25, -0.2) is 0 Å². The van der Waals surface area contributed by atoms with Crippen molar-refractivity contribution < 1.29 is 35.1 Å². The molecular formula is C49H58O7. The van der Waals surface area contributed by atoms with Crippen molar-refractivity contribution in [3.05, 3.63) is 124 Å². The average Bonchev–Trinajstić information content (AvgIpc) is 3.70. The zero-order valence-electron chi connectivity index (χ0n) is 32.4. The quantitative estimate of drug-likeness (QED) is 0.0733. The van der Waals surface area contributed by atoms with E-state index in [-0.39, 0.29) is 54.5 Å². The molecule has 0 amide bonds. The molecule has 0 heterocycles. The number of carbonyl (C=O) groups excluding carboxylic acids is 1. The molecule has 9 atom stereocenters. The van der Waals surface area contributed by atoms with Crippen molar-refractivity contribution in [2.24, 2.45) is 41.4 Å². The Kier molecular flexibility index (Phi) is 12.6. The number of aromatic hydroxyl groups is 1. The zero-order valence-corrected chi connectivity index (χ0v) is 32.4. The summed E-state index contributed by atoms with van der Waals surface area (Å²) in [5, 5.41) is 55.5. The molecule has 3 aromatic carbocycles. The molecule has 9 unspecified atom stereocenters. The minimum Gasteiger partial charge on any atom is -0.511 e. The third-order valence-electron chi connectivity index (χ3n) is 14.0. The summed E-state index contributed by atoms with van der Waals surface area (Å²) < 4.78 is 0. The first kappa shape index (κ1) is 39.8. The van der Waals surface area contributed by atoms with E-state index in [9.17, 15) is 35.1 Å². The van der Waals surface area contributed by atoms with Crippen molar-refractivity contribution in [2.75, 3.05) is 13.2 Å². The summed E-state index contributed by atoms with van der Waals surface area (Å²) >= 11 is 0. The number of allylic oxidation sites excluding steroid dienone is 2. The normalized spacial score (nSPS) is 29.2. The van der Waals surface area contributed by atoms with Crippen LogP contribution in [0, 0.1) is 41.4 Å². The molecule has 56 heavy (non-hydrogen) atoms. The predicted molar refractivity (Wildman–Crippen MR) is 219 cm³/mol. The molecule has 7 nitrogen and oxygen atoms in total. The summed E-state index contributed by atoms with van der Waals surface area (Å²) in [7, 11) is 0. The van der Waals surface area contributed by atoms with Gasteiger partial charge in [-0.1, -0.05) is 104 Å². The number of rotatable bonds is 12. The first-order chi connectivity index (χ1) is 27.2. The van der Waals surface area contributed by atoms with Gasteiger partial charge in [0.1, 0.15) is 17.8 Å². The van der Waals surface area contributed by atoms with Crippen LogP contribution in [0.1, 0.15) is 93.2 Å². The fourth-order valence-corrected chi connectivity index (χ4v) is 11.0. The third kappa shape index (κ3) is 8.31. The molecule has 0 aromatic heterocycles. The molecule has 7 rings (SSSR count). The lowest BCUT2D eigenvalue weighted by Gasteiger charge is -2.49. The van der Waals surface area contributed by atoms with Gasteiger partial charge in [0, 0.05) is 28.4 Å². The van der Waals surface area contributed by atoms with Gasteiger partial charge in [0.25, 0.3) is 0 Å². The molecule has 3 aromatic rings. The maximum atomic E-state index is 13.6. The van der Waals surface area contributed by atoms with E-state index in [2.05, 4.69) is 36.4 Å². The van der Waals surface area contributed by atoms with Crippen LogP contribution in [-0.4, -0.2) is 51.0 Å². The molecule has 0 radical (unpaired) electrons. The Balaban J connectivity index is 1.20. The Bertz CT molecular complexity index is 2030. The van der Waals surface area contributed by atoms with E-state index in [1.807, 2.05) is 48.5 Å². The molecule has 7 heteroatoms. The lowest BCUT2D eigenvalue weighted by Crippen LogP contribution is -2.51. The lowest BCUT2D eigenvalue weighted by atomic mass is 9.53. The first-order valence-corrected chi connectivity index (χ1v) is 20.9. The topological polar surface area (TPSA) is 135 Å². The van der Waals surface area contributed by atoms with Crippen molar-refractivity contribution in [1.82, 2.24) is 0 Å². The number of aliphatic hydroxyl groups is 3. The van der Waals surface area contributed by atoms with Gasteiger partial charge in [0.2, 0.25) is 0 Å². The molecule has 4 aliphatic carbocycles. The molecule has 0 saturated heterocycles. The number of aldehydes is 1. The van der Waals surface area contributed by atoms with Gasteiger partial charge in [-0.15, -0.1) is 0 Å². The lowest BCUT2D eigenvalue weighted by molar-refractivity contribution is -0.148. The van der Waals surface area contributed by atoms with E-state index < -0.39 is 23.2 Å². The number of hydrogen-bond donors (Lipinski definition) is 5. The number of carboxylic acids is 1. The molecule has 1 saturated carbocycles. The zero-order chi connectivity index (χ0) is 39.2. The Morgan fingerprint density at radius 1 is 0.911 bits per heavy atom. The molecule has 0 aliphatic heterocycles. The highest BCUT2D eigenvalue weighted by molar-refractivity contribution is 5.74. The number of fused-ring (bicyclic) bond motifs is 5. The largest absolute Gasteiger partial charge is 0.511 e. The summed E-state index contributed by atoms with van der Waals surface area (Å²) in [6.07, 6.45) is 19.3. The van der Waals surface area contributed by atoms with E-state index in [0.29, 0.717) is 25.0 Å². The second-order valence-electron chi connectivity index (χ2n) is 17.1. The highest BCUT2D eigenvalue weighted by atomic mass is 16.4. The summed E-state index contributed by atoms with van der Waals surface area (Å²) in [5.74, 6) is -1.52. The van der Waals surface area contributed by atoms with Crippen molar-refractivity contribution >= 4 is 24.1 Å². The number of unbranched alkanes of at least 4 members (excludes halogenated alkanes) is 2. The van der Waals surface area contributed by atoms with Crippen LogP contribution in [0.2, 0.25) is 0 Å². The highest BCUT2D eigenvalue weighted by Crippen LogP contribution is 2.54. The van der Waals surface area contributed by atoms with Crippen LogP contribution in [0.15, 0.2) is 96.6 Å². The van der Waals surface area contributed by atoms with Crippen molar-refractivity contribution in [3.63, 3.8) is 0 Å². The van der Waals surface area contributed by atoms with Crippen LogP contribution >= 0.6 is 0 Å². The van der Waals surface area contributed by atoms with E-state index >= 15 is 0 Å². The molecule has 296 valence electrons. The van der Waals surface area contributed by atoms with Crippen LogP contribution in [-0.2, 0) is 21.4 Å². The highest BCUT2D eigenvalue weighted by Gasteiger charge is 2.53. The van der Waals surface area contributed by atoms with Gasteiger partial charge in [-0.05, 0) is 121 Å². The minimum atomic E-state index is -0.929. The van der Waals surface area contributed by atoms with Crippen molar-refractivity contribution in [2.45, 2.75) is 88.4 Å². The summed E-state index contributed by atoms with van der Waals surface area (Å²) in [5.41, 5.74) is 3.43. The van der Waals surface area contributed by atoms with E-state index in [4.69, 9.17) is 0 Å². The van der Waals surface area contributed by atoms with Crippen LogP contribution < -0.4 is 10.4 Å². The number of benzene rings is 3. The molecule has 5 N–H and O–H groups in total. The molecule has 1 spiro atoms. The van der Waals surface area contributed by atoms with Crippen LogP contribution in [0.3, 0.4) is 0 Å². The van der Waals surface area contributed by atoms with Gasteiger partial charge in [0.15, 0.2) is 0 Å². The standard InChI is InChI=1S/C49H58O7/c50-29-33-16-17-36(24-33)39(30-51)11-3-1-2-9-34-12-7-13-40(31-52)46(48(55)56)49(23-22-38-27-37-10-4-5-15-43(37)47(54)45(38)28-49)41-14-6-8-32(25-41)26-44(34)35-18-20-42(53)21-19-35/h4-8,10,13-15,18-21,24-25,27,30,34,36,38-40,44-46,50,52-54H,1-3,9,11-12,16-17,22-23,26,28-29,31H2,(H,55,56). The first-order valence-electron chi connectivity index (χ1n) is 20.9. The van der Waals surface area contributed by atoms with E-state index in [1.54, 1.807) is 12.1 Å². The van der Waals surface area contributed by atoms with Crippen LogP contribution in [0.5, 0.6) is 5.75 Å². The maximum absolute atomic E-state index is 13.6. The average molecular weight is 759 g/mol. The molecular weight excluding hydrogens is 701 g/mol.